The first-order valence-corrected chi connectivity index (χ1v) is 13.0. The number of rotatable bonds is 8. The Morgan fingerprint density at radius 1 is 1.15 bits per heavy atom. The zero-order valence-electron chi connectivity index (χ0n) is 16.3. The van der Waals surface area contributed by atoms with Crippen molar-refractivity contribution in [1.29, 1.82) is 0 Å². The number of phosphoric ester groups is 1. The summed E-state index contributed by atoms with van der Waals surface area (Å²) in [5.74, 6) is -0.289. The third kappa shape index (κ3) is 5.75. The van der Waals surface area contributed by atoms with Gasteiger partial charge in [0.1, 0.15) is 23.3 Å². The van der Waals surface area contributed by atoms with Crippen molar-refractivity contribution in [3.05, 3.63) is 6.33 Å². The van der Waals surface area contributed by atoms with Crippen molar-refractivity contribution >= 4 is 46.4 Å². The van der Waals surface area contributed by atoms with Crippen molar-refractivity contribution in [1.82, 2.24) is 19.5 Å². The maximum Gasteiger partial charge on any atom is 0.490 e. The average molecular weight is 536 g/mol. The molecule has 33 heavy (non-hydrogen) atoms. The molecule has 3 rings (SSSR count). The summed E-state index contributed by atoms with van der Waals surface area (Å²) in [7, 11) is -16.8. The van der Waals surface area contributed by atoms with Crippen LogP contribution in [0, 0.1) is 0 Å². The monoisotopic (exact) mass is 536 g/mol. The van der Waals surface area contributed by atoms with Crippen LogP contribution in [0.15, 0.2) is 6.33 Å². The normalized spacial score (nSPS) is 29.7. The standard InChI is InChI=1S/C11H19N6O13P3/c1-11(19)6(18)4(2-27-32(23,24)30-33(25,26)29-31(20,21)22)28-9(11)17-3-14-5-7(12)15-10(13)16-8(5)17/h3-4,6,9,18-19H,2H2,1H3,(H,23,24)(H,25,26)(H2,20,21,22)(H4,12,13,15,16)/t4-,6+,9-,11?/m1/s1. The number of nitrogens with zero attached hydrogens (tertiary/aromatic N) is 4. The van der Waals surface area contributed by atoms with E-state index in [0.717, 1.165) is 17.8 Å². The number of fused-ring (bicyclic) bond motifs is 1. The molecule has 19 nitrogen and oxygen atoms in total. The molecule has 0 amide bonds. The SMILES string of the molecule is CC1(O)[C@@H](O)[C@@H](COP(=O)(O)OP(=O)(O)OP(=O)(O)O)O[C@H]1n1cnc2c(N)nc(N)nc21. The minimum absolute atomic E-state index is 0.0333. The Labute approximate surface area is 183 Å². The molecule has 0 aliphatic carbocycles. The molecule has 0 radical (unpaired) electrons. The van der Waals surface area contributed by atoms with Gasteiger partial charge in [0.2, 0.25) is 5.95 Å². The summed E-state index contributed by atoms with van der Waals surface area (Å²) in [6, 6.07) is 0. The van der Waals surface area contributed by atoms with Crippen LogP contribution < -0.4 is 11.5 Å². The van der Waals surface area contributed by atoms with E-state index >= 15 is 0 Å². The average Bonchev–Trinajstić information content (AvgIpc) is 3.10. The molecule has 186 valence electrons. The van der Waals surface area contributed by atoms with Crippen molar-refractivity contribution in [3.63, 3.8) is 0 Å². The second-order valence-corrected chi connectivity index (χ2v) is 11.3. The van der Waals surface area contributed by atoms with Gasteiger partial charge >= 0.3 is 23.5 Å². The summed E-state index contributed by atoms with van der Waals surface area (Å²) in [6.07, 6.45) is -3.53. The molecule has 1 fully saturated rings. The number of imidazole rings is 1. The Hall–Kier alpha value is -1.56. The predicted molar refractivity (Wildman–Crippen MR) is 105 cm³/mol. The summed E-state index contributed by atoms with van der Waals surface area (Å²) in [5, 5.41) is 21.2. The van der Waals surface area contributed by atoms with Crippen molar-refractivity contribution in [2.45, 2.75) is 31.0 Å². The van der Waals surface area contributed by atoms with E-state index < -0.39 is 54.1 Å². The molecule has 0 saturated carbocycles. The van der Waals surface area contributed by atoms with Crippen molar-refractivity contribution in [2.75, 3.05) is 18.1 Å². The van der Waals surface area contributed by atoms with Crippen LogP contribution in [-0.4, -0.2) is 73.7 Å². The maximum atomic E-state index is 11.9. The number of phosphoric acid groups is 3. The first-order valence-electron chi connectivity index (χ1n) is 8.51. The van der Waals surface area contributed by atoms with Gasteiger partial charge in [-0.05, 0) is 6.92 Å². The third-order valence-electron chi connectivity index (χ3n) is 4.29. The number of nitrogens with two attached hydrogens (primary N) is 2. The van der Waals surface area contributed by atoms with Crippen LogP contribution in [0.3, 0.4) is 0 Å². The zero-order valence-corrected chi connectivity index (χ0v) is 19.0. The van der Waals surface area contributed by atoms with Gasteiger partial charge in [0, 0.05) is 0 Å². The first kappa shape index (κ1) is 26.1. The molecule has 3 heterocycles. The lowest BCUT2D eigenvalue weighted by atomic mass is 9.96. The zero-order chi connectivity index (χ0) is 25.0. The second-order valence-electron chi connectivity index (χ2n) is 6.88. The molecule has 1 saturated heterocycles. The Morgan fingerprint density at radius 3 is 2.39 bits per heavy atom. The number of aliphatic hydroxyl groups excluding tert-OH is 1. The Balaban J connectivity index is 1.77. The summed E-state index contributed by atoms with van der Waals surface area (Å²) in [5.41, 5.74) is 9.36. The number of hydrogen-bond donors (Lipinski definition) is 8. The van der Waals surface area contributed by atoms with Gasteiger partial charge in [-0.25, -0.2) is 18.7 Å². The van der Waals surface area contributed by atoms with Crippen LogP contribution in [0.2, 0.25) is 0 Å². The fraction of sp³-hybridized carbons (Fsp3) is 0.545. The summed E-state index contributed by atoms with van der Waals surface area (Å²) >= 11 is 0. The van der Waals surface area contributed by atoms with Gasteiger partial charge in [-0.2, -0.15) is 18.6 Å². The highest BCUT2D eigenvalue weighted by atomic mass is 31.3. The number of aliphatic hydroxyl groups is 2. The third-order valence-corrected chi connectivity index (χ3v) is 8.09. The highest BCUT2D eigenvalue weighted by molar-refractivity contribution is 7.66. The number of hydrogen-bond acceptors (Lipinski definition) is 14. The summed E-state index contributed by atoms with van der Waals surface area (Å²) < 4.78 is 52.2. The lowest BCUT2D eigenvalue weighted by Crippen LogP contribution is -2.44. The van der Waals surface area contributed by atoms with E-state index in [-0.39, 0.29) is 22.9 Å². The van der Waals surface area contributed by atoms with Crippen LogP contribution in [0.4, 0.5) is 11.8 Å². The molecule has 2 aromatic heterocycles. The first-order chi connectivity index (χ1) is 14.9. The van der Waals surface area contributed by atoms with Gasteiger partial charge in [0.05, 0.1) is 12.9 Å². The fourth-order valence-corrected chi connectivity index (χ4v) is 6.01. The van der Waals surface area contributed by atoms with Gasteiger partial charge in [-0.1, -0.05) is 0 Å². The van der Waals surface area contributed by atoms with Crippen LogP contribution in [-0.2, 0) is 31.6 Å². The van der Waals surface area contributed by atoms with E-state index in [1.807, 2.05) is 0 Å². The molecule has 2 aromatic rings. The maximum absolute atomic E-state index is 11.9. The van der Waals surface area contributed by atoms with Crippen LogP contribution in [0.1, 0.15) is 13.2 Å². The highest BCUT2D eigenvalue weighted by Gasteiger charge is 2.54. The molecule has 0 spiro atoms. The number of anilines is 2. The van der Waals surface area contributed by atoms with Gasteiger partial charge < -0.3 is 46.0 Å². The number of nitrogen functional groups attached to an aromatic ring is 2. The molecule has 6 atom stereocenters. The molecule has 0 aromatic carbocycles. The van der Waals surface area contributed by atoms with Crippen molar-refractivity contribution < 1.29 is 61.4 Å². The van der Waals surface area contributed by atoms with E-state index in [4.69, 9.17) is 30.9 Å². The molecule has 3 unspecified atom stereocenters. The predicted octanol–water partition coefficient (Wildman–Crippen LogP) is -1.66. The summed E-state index contributed by atoms with van der Waals surface area (Å²) in [4.78, 5) is 47.5. The van der Waals surface area contributed by atoms with E-state index in [1.54, 1.807) is 0 Å². The quantitative estimate of drug-likeness (QED) is 0.175. The smallest absolute Gasteiger partial charge is 0.387 e. The van der Waals surface area contributed by atoms with Crippen molar-refractivity contribution in [3.8, 4) is 0 Å². The number of aromatic nitrogens is 4. The number of ether oxygens (including phenoxy) is 1. The highest BCUT2D eigenvalue weighted by Crippen LogP contribution is 2.66. The lowest BCUT2D eigenvalue weighted by molar-refractivity contribution is -0.0949. The molecule has 1 aliphatic rings. The van der Waals surface area contributed by atoms with E-state index in [9.17, 15) is 28.8 Å². The molecular weight excluding hydrogens is 517 g/mol. The minimum atomic E-state index is -5.73. The van der Waals surface area contributed by atoms with E-state index in [0.29, 0.717) is 0 Å². The lowest BCUT2D eigenvalue weighted by Gasteiger charge is -2.27. The van der Waals surface area contributed by atoms with Crippen LogP contribution in [0.5, 0.6) is 0 Å². The molecule has 22 heteroatoms. The fourth-order valence-electron chi connectivity index (χ4n) is 2.98. The topological polar surface area (TPSA) is 305 Å². The molecule has 10 N–H and O–H groups in total. The molecule has 0 bridgehead atoms. The Kier molecular flexibility index (Phi) is 6.78. The molecular formula is C11H19N6O13P3. The van der Waals surface area contributed by atoms with Gasteiger partial charge in [0.15, 0.2) is 17.7 Å². The van der Waals surface area contributed by atoms with Gasteiger partial charge in [0.25, 0.3) is 0 Å². The Bertz CT molecular complexity index is 1200. The Morgan fingerprint density at radius 2 is 1.79 bits per heavy atom. The van der Waals surface area contributed by atoms with E-state index in [1.165, 1.54) is 0 Å². The molecule has 1 aliphatic heterocycles. The largest absolute Gasteiger partial charge is 0.490 e. The van der Waals surface area contributed by atoms with E-state index in [2.05, 4.69) is 28.1 Å². The second kappa shape index (κ2) is 8.58. The van der Waals surface area contributed by atoms with Gasteiger partial charge in [-0.3, -0.25) is 9.09 Å². The van der Waals surface area contributed by atoms with Gasteiger partial charge in [-0.15, -0.1) is 0 Å². The van der Waals surface area contributed by atoms with Crippen LogP contribution >= 0.6 is 23.5 Å². The minimum Gasteiger partial charge on any atom is -0.387 e. The summed E-state index contributed by atoms with van der Waals surface area (Å²) in [6.45, 7) is 0.163. The van der Waals surface area contributed by atoms with Crippen molar-refractivity contribution in [2.24, 2.45) is 0 Å². The van der Waals surface area contributed by atoms with Crippen LogP contribution in [0.25, 0.3) is 11.2 Å².